The van der Waals surface area contributed by atoms with E-state index in [0.29, 0.717) is 25.5 Å². The lowest BCUT2D eigenvalue weighted by atomic mass is 10.1. The first-order valence-electron chi connectivity index (χ1n) is 10.3. The Morgan fingerprint density at radius 1 is 1.17 bits per heavy atom. The van der Waals surface area contributed by atoms with E-state index < -0.39 is 11.7 Å². The molecule has 0 spiro atoms. The van der Waals surface area contributed by atoms with Crippen molar-refractivity contribution in [3.63, 3.8) is 0 Å². The number of alkyl halides is 3. The second-order valence-electron chi connectivity index (χ2n) is 7.87. The first kappa shape index (κ1) is 22.1. The van der Waals surface area contributed by atoms with Crippen molar-refractivity contribution in [3.05, 3.63) is 59.8 Å². The fraction of sp³-hybridized carbons (Fsp3) is 0.455. The molecular weight excluding hydrogens is 393 g/mol. The van der Waals surface area contributed by atoms with Crippen molar-refractivity contribution in [3.8, 4) is 0 Å². The normalized spacial score (nSPS) is 16.3. The van der Waals surface area contributed by atoms with Crippen LogP contribution in [-0.2, 0) is 17.4 Å². The molecule has 1 amide bonds. The van der Waals surface area contributed by atoms with E-state index in [-0.39, 0.29) is 11.9 Å². The fourth-order valence-corrected chi connectivity index (χ4v) is 3.68. The lowest BCUT2D eigenvalue weighted by Gasteiger charge is -2.28. The summed E-state index contributed by atoms with van der Waals surface area (Å²) in [5, 5.41) is 3.07. The Kier molecular flexibility index (Phi) is 7.31. The van der Waals surface area contributed by atoms with Gasteiger partial charge in [-0.25, -0.2) is 4.98 Å². The van der Waals surface area contributed by atoms with Crippen molar-refractivity contribution in [1.82, 2.24) is 5.32 Å². The molecule has 1 aromatic heterocycles. The van der Waals surface area contributed by atoms with E-state index in [1.165, 1.54) is 16.5 Å². The zero-order chi connectivity index (χ0) is 21.6. The molecule has 0 aliphatic carbocycles. The number of benzene rings is 1. The molecular formula is C22H29F3N4O+2. The maximum Gasteiger partial charge on any atom is 0.419 e. The first-order valence-corrected chi connectivity index (χ1v) is 10.3. The van der Waals surface area contributed by atoms with Gasteiger partial charge in [0.15, 0.2) is 6.54 Å². The molecule has 0 radical (unpaired) electrons. The number of pyridine rings is 1. The molecule has 2 heterocycles. The van der Waals surface area contributed by atoms with Crippen LogP contribution in [0.1, 0.15) is 24.5 Å². The highest BCUT2D eigenvalue weighted by Crippen LogP contribution is 2.28. The summed E-state index contributed by atoms with van der Waals surface area (Å²) in [7, 11) is 0. The minimum Gasteiger partial charge on any atom is -0.349 e. The average Bonchev–Trinajstić information content (AvgIpc) is 2.73. The fourth-order valence-electron chi connectivity index (χ4n) is 3.68. The standard InChI is InChI=1S/C22H27F3N4O/c1-17(7-8-18-5-3-2-4-6-18)27-21(30)16-28-11-13-29(14-12-28)20-10-9-19(15-26-20)22(23,24)25/h2-6,9-10,15,17H,7-8,11-14,16H2,1H3,(H,27,30)/p+2/t17-/m0/s1. The molecule has 8 heteroatoms. The number of halogens is 3. The summed E-state index contributed by atoms with van der Waals surface area (Å²) in [6.07, 6.45) is -1.53. The number of aromatic nitrogens is 1. The number of hydrogen-bond donors (Lipinski definition) is 2. The highest BCUT2D eigenvalue weighted by molar-refractivity contribution is 5.77. The van der Waals surface area contributed by atoms with Crippen molar-refractivity contribution >= 4 is 11.7 Å². The maximum absolute atomic E-state index is 12.7. The second-order valence-corrected chi connectivity index (χ2v) is 7.87. The molecule has 3 rings (SSSR count). The van der Waals surface area contributed by atoms with Gasteiger partial charge in [0.2, 0.25) is 0 Å². The van der Waals surface area contributed by atoms with Gasteiger partial charge >= 0.3 is 6.18 Å². The molecule has 5 nitrogen and oxygen atoms in total. The summed E-state index contributed by atoms with van der Waals surface area (Å²) >= 11 is 0. The van der Waals surface area contributed by atoms with Crippen LogP contribution in [-0.4, -0.2) is 44.7 Å². The van der Waals surface area contributed by atoms with Crippen molar-refractivity contribution in [1.29, 1.82) is 0 Å². The smallest absolute Gasteiger partial charge is 0.349 e. The van der Waals surface area contributed by atoms with Gasteiger partial charge < -0.3 is 10.2 Å². The van der Waals surface area contributed by atoms with E-state index >= 15 is 0 Å². The Labute approximate surface area is 174 Å². The predicted molar refractivity (Wildman–Crippen MR) is 108 cm³/mol. The van der Waals surface area contributed by atoms with E-state index in [1.807, 2.05) is 30.0 Å². The van der Waals surface area contributed by atoms with E-state index in [1.54, 1.807) is 0 Å². The number of H-pyrrole nitrogens is 1. The van der Waals surface area contributed by atoms with Crippen LogP contribution in [0.2, 0.25) is 0 Å². The predicted octanol–water partition coefficient (Wildman–Crippen LogP) is 1.36. The van der Waals surface area contributed by atoms with Crippen molar-refractivity contribution in [2.45, 2.75) is 32.0 Å². The van der Waals surface area contributed by atoms with Crippen molar-refractivity contribution in [2.75, 3.05) is 37.6 Å². The number of quaternary nitrogens is 1. The molecule has 162 valence electrons. The number of aromatic amines is 1. The molecule has 2 aromatic rings. The minimum absolute atomic E-state index is 0.0418. The quantitative estimate of drug-likeness (QED) is 0.708. The number of hydrogen-bond acceptors (Lipinski definition) is 2. The molecule has 0 saturated carbocycles. The van der Waals surface area contributed by atoms with Crippen LogP contribution in [0.5, 0.6) is 0 Å². The molecule has 30 heavy (non-hydrogen) atoms. The number of carbonyl (C=O) groups is 1. The Morgan fingerprint density at radius 3 is 2.47 bits per heavy atom. The summed E-state index contributed by atoms with van der Waals surface area (Å²) in [6, 6.07) is 12.9. The highest BCUT2D eigenvalue weighted by Gasteiger charge is 2.33. The Balaban J connectivity index is 1.39. The third-order valence-corrected chi connectivity index (χ3v) is 5.46. The van der Waals surface area contributed by atoms with Gasteiger partial charge in [0.25, 0.3) is 11.7 Å². The van der Waals surface area contributed by atoms with Crippen LogP contribution in [0.3, 0.4) is 0 Å². The van der Waals surface area contributed by atoms with Crippen LogP contribution in [0.4, 0.5) is 19.0 Å². The molecule has 1 saturated heterocycles. The lowest BCUT2D eigenvalue weighted by molar-refractivity contribution is -0.892. The van der Waals surface area contributed by atoms with Gasteiger partial charge in [-0.15, -0.1) is 0 Å². The average molecular weight is 422 g/mol. The summed E-state index contributed by atoms with van der Waals surface area (Å²) in [5.74, 6) is 0.709. The minimum atomic E-state index is -4.34. The van der Waals surface area contributed by atoms with Gasteiger partial charge in [-0.2, -0.15) is 13.2 Å². The van der Waals surface area contributed by atoms with Gasteiger partial charge in [-0.05, 0) is 31.4 Å². The number of rotatable bonds is 7. The van der Waals surface area contributed by atoms with E-state index in [4.69, 9.17) is 0 Å². The van der Waals surface area contributed by atoms with E-state index in [9.17, 15) is 18.0 Å². The van der Waals surface area contributed by atoms with Gasteiger partial charge in [-0.3, -0.25) is 9.69 Å². The number of carbonyl (C=O) groups excluding carboxylic acids is 1. The Bertz CT molecular complexity index is 803. The number of anilines is 1. The monoisotopic (exact) mass is 422 g/mol. The third-order valence-electron chi connectivity index (χ3n) is 5.46. The molecule has 1 atom stereocenters. The molecule has 0 unspecified atom stereocenters. The highest BCUT2D eigenvalue weighted by atomic mass is 19.4. The zero-order valence-electron chi connectivity index (χ0n) is 17.1. The molecule has 0 bridgehead atoms. The molecule has 1 aliphatic rings. The topological polar surface area (TPSA) is 50.9 Å². The Morgan fingerprint density at radius 2 is 1.87 bits per heavy atom. The van der Waals surface area contributed by atoms with Gasteiger partial charge in [0.1, 0.15) is 32.4 Å². The molecule has 1 fully saturated rings. The van der Waals surface area contributed by atoms with Gasteiger partial charge in [0.05, 0.1) is 5.56 Å². The summed E-state index contributed by atoms with van der Waals surface area (Å²) < 4.78 is 38.1. The SMILES string of the molecule is C[C@@H](CCc1ccccc1)NC(=O)C[NH+]1CCN(c2ccc(C(F)(F)F)c[nH+]2)CC1. The number of amides is 1. The van der Waals surface area contributed by atoms with E-state index in [2.05, 4.69) is 22.4 Å². The van der Waals surface area contributed by atoms with Crippen molar-refractivity contribution < 1.29 is 27.8 Å². The van der Waals surface area contributed by atoms with Crippen molar-refractivity contribution in [2.24, 2.45) is 0 Å². The number of aryl methyl sites for hydroxylation is 1. The van der Waals surface area contributed by atoms with Crippen LogP contribution < -0.4 is 20.1 Å². The number of nitrogens with zero attached hydrogens (tertiary/aromatic N) is 1. The van der Waals surface area contributed by atoms with Gasteiger partial charge in [0, 0.05) is 12.1 Å². The summed E-state index contributed by atoms with van der Waals surface area (Å²) in [4.78, 5) is 18.3. The van der Waals surface area contributed by atoms with E-state index in [0.717, 1.165) is 38.2 Å². The largest absolute Gasteiger partial charge is 0.419 e. The van der Waals surface area contributed by atoms with Crippen LogP contribution in [0, 0.1) is 0 Å². The third kappa shape index (κ3) is 6.45. The van der Waals surface area contributed by atoms with Crippen LogP contribution in [0.25, 0.3) is 0 Å². The second kappa shape index (κ2) is 9.93. The molecule has 3 N–H and O–H groups in total. The van der Waals surface area contributed by atoms with Crippen LogP contribution in [0.15, 0.2) is 48.7 Å². The Hall–Kier alpha value is -2.61. The summed E-state index contributed by atoms with van der Waals surface area (Å²) in [5.41, 5.74) is 0.578. The molecule has 1 aromatic carbocycles. The van der Waals surface area contributed by atoms with Gasteiger partial charge in [-0.1, -0.05) is 30.3 Å². The number of nitrogens with one attached hydrogen (secondary N) is 3. The molecule has 1 aliphatic heterocycles. The zero-order valence-corrected chi connectivity index (χ0v) is 17.1. The number of piperazine rings is 1. The lowest BCUT2D eigenvalue weighted by Crippen LogP contribution is -3.16. The first-order chi connectivity index (χ1) is 14.3. The maximum atomic E-state index is 12.7. The summed E-state index contributed by atoms with van der Waals surface area (Å²) in [6.45, 7) is 5.35. The van der Waals surface area contributed by atoms with Crippen LogP contribution >= 0.6 is 0 Å².